The fraction of sp³-hybridized carbons (Fsp3) is 0.381. The highest BCUT2D eigenvalue weighted by atomic mass is 16.5. The molecule has 138 valence electrons. The molecule has 5 nitrogen and oxygen atoms in total. The Morgan fingerprint density at radius 2 is 2.00 bits per heavy atom. The van der Waals surface area contributed by atoms with Crippen molar-refractivity contribution >= 4 is 11.7 Å². The van der Waals surface area contributed by atoms with E-state index in [4.69, 9.17) is 4.74 Å². The molecule has 0 aliphatic carbocycles. The Labute approximate surface area is 155 Å². The van der Waals surface area contributed by atoms with Gasteiger partial charge in [0.05, 0.1) is 6.61 Å². The van der Waals surface area contributed by atoms with Crippen LogP contribution in [-0.2, 0) is 13.0 Å². The van der Waals surface area contributed by atoms with Crippen LogP contribution < -0.4 is 15.4 Å². The average molecular weight is 353 g/mol. The summed E-state index contributed by atoms with van der Waals surface area (Å²) in [5, 5.41) is 5.82. The minimum absolute atomic E-state index is 0.175. The van der Waals surface area contributed by atoms with Gasteiger partial charge in [-0.05, 0) is 55.2 Å². The summed E-state index contributed by atoms with van der Waals surface area (Å²) in [4.78, 5) is 14.5. The van der Waals surface area contributed by atoms with Crippen LogP contribution in [-0.4, -0.2) is 37.2 Å². The molecular weight excluding hydrogens is 326 g/mol. The van der Waals surface area contributed by atoms with E-state index in [2.05, 4.69) is 39.8 Å². The highest BCUT2D eigenvalue weighted by Gasteiger charge is 2.15. The number of fused-ring (bicyclic) bond motifs is 1. The number of aryl methyl sites for hydroxylation is 1. The molecule has 3 rings (SSSR count). The highest BCUT2D eigenvalue weighted by Crippen LogP contribution is 2.22. The van der Waals surface area contributed by atoms with Gasteiger partial charge >= 0.3 is 6.03 Å². The number of anilines is 1. The SMILES string of the molecule is CCOc1ccc(NC(=O)NCCN2CCc3ccccc3C2)cc1C. The second-order valence-electron chi connectivity index (χ2n) is 6.59. The Morgan fingerprint density at radius 1 is 1.19 bits per heavy atom. The van der Waals surface area contributed by atoms with E-state index in [1.807, 2.05) is 32.0 Å². The topological polar surface area (TPSA) is 53.6 Å². The summed E-state index contributed by atoms with van der Waals surface area (Å²) in [5.41, 5.74) is 4.63. The normalized spacial score (nSPS) is 13.8. The van der Waals surface area contributed by atoms with Crippen LogP contribution in [0.1, 0.15) is 23.6 Å². The van der Waals surface area contributed by atoms with Gasteiger partial charge in [0.25, 0.3) is 0 Å². The molecule has 0 saturated carbocycles. The van der Waals surface area contributed by atoms with Crippen LogP contribution in [0.4, 0.5) is 10.5 Å². The lowest BCUT2D eigenvalue weighted by molar-refractivity contribution is 0.239. The standard InChI is InChI=1S/C21H27N3O2/c1-3-26-20-9-8-19(14-16(20)2)23-21(25)22-11-13-24-12-10-17-6-4-5-7-18(17)15-24/h4-9,14H,3,10-13,15H2,1-2H3,(H2,22,23,25). The number of rotatable bonds is 6. The number of benzene rings is 2. The van der Waals surface area contributed by atoms with Gasteiger partial charge in [-0.3, -0.25) is 4.90 Å². The van der Waals surface area contributed by atoms with Gasteiger partial charge in [0.1, 0.15) is 5.75 Å². The van der Waals surface area contributed by atoms with E-state index in [1.54, 1.807) is 0 Å². The second kappa shape index (κ2) is 8.72. The molecule has 0 atom stereocenters. The quantitative estimate of drug-likeness (QED) is 0.835. The molecule has 2 aromatic carbocycles. The van der Waals surface area contributed by atoms with E-state index < -0.39 is 0 Å². The number of carbonyl (C=O) groups is 1. The van der Waals surface area contributed by atoms with Crippen molar-refractivity contribution in [2.24, 2.45) is 0 Å². The maximum absolute atomic E-state index is 12.1. The Balaban J connectivity index is 1.43. The van der Waals surface area contributed by atoms with Crippen molar-refractivity contribution in [2.75, 3.05) is 31.6 Å². The molecule has 0 unspecified atom stereocenters. The summed E-state index contributed by atoms with van der Waals surface area (Å²) in [7, 11) is 0. The molecule has 0 radical (unpaired) electrons. The molecule has 0 aromatic heterocycles. The number of urea groups is 1. The lowest BCUT2D eigenvalue weighted by Gasteiger charge is -2.28. The third-order valence-corrected chi connectivity index (χ3v) is 4.66. The summed E-state index contributed by atoms with van der Waals surface area (Å²) in [6.45, 7) is 8.04. The molecule has 0 saturated heterocycles. The van der Waals surface area contributed by atoms with Crippen molar-refractivity contribution in [1.29, 1.82) is 0 Å². The largest absolute Gasteiger partial charge is 0.494 e. The molecule has 1 heterocycles. The number of carbonyl (C=O) groups excluding carboxylic acids is 1. The Bertz CT molecular complexity index is 761. The molecule has 2 N–H and O–H groups in total. The smallest absolute Gasteiger partial charge is 0.319 e. The molecule has 1 aliphatic heterocycles. The summed E-state index contributed by atoms with van der Waals surface area (Å²) >= 11 is 0. The van der Waals surface area contributed by atoms with Gasteiger partial charge in [-0.15, -0.1) is 0 Å². The van der Waals surface area contributed by atoms with E-state index >= 15 is 0 Å². The van der Waals surface area contributed by atoms with Crippen molar-refractivity contribution < 1.29 is 9.53 Å². The predicted octanol–water partition coefficient (Wildman–Crippen LogP) is 3.57. The first-order valence-corrected chi connectivity index (χ1v) is 9.23. The van der Waals surface area contributed by atoms with Crippen molar-refractivity contribution in [3.8, 4) is 5.75 Å². The number of amides is 2. The lowest BCUT2D eigenvalue weighted by atomic mass is 10.00. The second-order valence-corrected chi connectivity index (χ2v) is 6.59. The van der Waals surface area contributed by atoms with Crippen molar-refractivity contribution in [1.82, 2.24) is 10.2 Å². The van der Waals surface area contributed by atoms with E-state index in [1.165, 1.54) is 11.1 Å². The zero-order valence-corrected chi connectivity index (χ0v) is 15.5. The van der Waals surface area contributed by atoms with Crippen LogP contribution in [0.2, 0.25) is 0 Å². The van der Waals surface area contributed by atoms with Gasteiger partial charge < -0.3 is 15.4 Å². The summed E-state index contributed by atoms with van der Waals surface area (Å²) in [5.74, 6) is 0.851. The first kappa shape index (κ1) is 18.3. The highest BCUT2D eigenvalue weighted by molar-refractivity contribution is 5.89. The van der Waals surface area contributed by atoms with Gasteiger partial charge in [0, 0.05) is 31.9 Å². The Morgan fingerprint density at radius 3 is 2.77 bits per heavy atom. The molecule has 0 fully saturated rings. The lowest BCUT2D eigenvalue weighted by Crippen LogP contribution is -2.39. The third-order valence-electron chi connectivity index (χ3n) is 4.66. The van der Waals surface area contributed by atoms with Gasteiger partial charge in [0.2, 0.25) is 0 Å². The number of nitrogens with one attached hydrogen (secondary N) is 2. The first-order chi connectivity index (χ1) is 12.7. The zero-order valence-electron chi connectivity index (χ0n) is 15.5. The van der Waals surface area contributed by atoms with Gasteiger partial charge in [-0.2, -0.15) is 0 Å². The van der Waals surface area contributed by atoms with E-state index in [0.717, 1.165) is 43.1 Å². The van der Waals surface area contributed by atoms with Crippen LogP contribution in [0.15, 0.2) is 42.5 Å². The maximum Gasteiger partial charge on any atom is 0.319 e. The number of nitrogens with zero attached hydrogens (tertiary/aromatic N) is 1. The van der Waals surface area contributed by atoms with E-state index in [0.29, 0.717) is 13.2 Å². The minimum Gasteiger partial charge on any atom is -0.494 e. The van der Waals surface area contributed by atoms with Crippen LogP contribution in [0.25, 0.3) is 0 Å². The molecule has 1 aliphatic rings. The van der Waals surface area contributed by atoms with Gasteiger partial charge in [-0.1, -0.05) is 24.3 Å². The Hall–Kier alpha value is -2.53. The van der Waals surface area contributed by atoms with Crippen LogP contribution >= 0.6 is 0 Å². The number of hydrogen-bond donors (Lipinski definition) is 2. The van der Waals surface area contributed by atoms with Gasteiger partial charge in [0.15, 0.2) is 0 Å². The Kier molecular flexibility index (Phi) is 6.12. The summed E-state index contributed by atoms with van der Waals surface area (Å²) in [6, 6.07) is 14.1. The van der Waals surface area contributed by atoms with Crippen LogP contribution in [0, 0.1) is 6.92 Å². The summed E-state index contributed by atoms with van der Waals surface area (Å²) in [6.07, 6.45) is 1.08. The molecular formula is C21H27N3O2. The molecule has 0 bridgehead atoms. The molecule has 5 heteroatoms. The number of ether oxygens (including phenoxy) is 1. The predicted molar refractivity (Wildman–Crippen MR) is 105 cm³/mol. The third kappa shape index (κ3) is 4.76. The summed E-state index contributed by atoms with van der Waals surface area (Å²) < 4.78 is 5.52. The van der Waals surface area contributed by atoms with Crippen molar-refractivity contribution in [3.05, 3.63) is 59.2 Å². The van der Waals surface area contributed by atoms with Crippen molar-refractivity contribution in [3.63, 3.8) is 0 Å². The molecule has 2 aromatic rings. The van der Waals surface area contributed by atoms with E-state index in [9.17, 15) is 4.79 Å². The monoisotopic (exact) mass is 353 g/mol. The van der Waals surface area contributed by atoms with Gasteiger partial charge in [-0.25, -0.2) is 4.79 Å². The molecule has 2 amide bonds. The van der Waals surface area contributed by atoms with Crippen LogP contribution in [0.3, 0.4) is 0 Å². The molecule has 0 spiro atoms. The zero-order chi connectivity index (χ0) is 18.4. The maximum atomic E-state index is 12.1. The molecule has 26 heavy (non-hydrogen) atoms. The van der Waals surface area contributed by atoms with E-state index in [-0.39, 0.29) is 6.03 Å². The first-order valence-electron chi connectivity index (χ1n) is 9.23. The fourth-order valence-electron chi connectivity index (χ4n) is 3.29. The fourth-order valence-corrected chi connectivity index (χ4v) is 3.29. The average Bonchev–Trinajstić information content (AvgIpc) is 2.64. The minimum atomic E-state index is -0.175. The van der Waals surface area contributed by atoms with Crippen molar-refractivity contribution in [2.45, 2.75) is 26.8 Å². The number of hydrogen-bond acceptors (Lipinski definition) is 3. The van der Waals surface area contributed by atoms with Crippen LogP contribution in [0.5, 0.6) is 5.75 Å².